The second kappa shape index (κ2) is 8.66. The SMILES string of the molecule is COc1ccc(/C=N/NC(=O)Cn2cnc3sc4c(c3c2=O)CCCC4)c(OC)c1. The van der Waals surface area contributed by atoms with Gasteiger partial charge in [-0.25, -0.2) is 10.4 Å². The molecule has 9 heteroatoms. The molecular weight excluding hydrogens is 404 g/mol. The first-order valence-electron chi connectivity index (χ1n) is 9.64. The van der Waals surface area contributed by atoms with Crippen molar-refractivity contribution < 1.29 is 14.3 Å². The second-order valence-electron chi connectivity index (χ2n) is 6.97. The Morgan fingerprint density at radius 2 is 2.13 bits per heavy atom. The van der Waals surface area contributed by atoms with E-state index < -0.39 is 5.91 Å². The van der Waals surface area contributed by atoms with Gasteiger partial charge in [0.05, 0.1) is 32.1 Å². The van der Waals surface area contributed by atoms with Crippen molar-refractivity contribution in [3.05, 3.63) is 50.9 Å². The molecule has 0 atom stereocenters. The maximum atomic E-state index is 12.9. The van der Waals surface area contributed by atoms with E-state index in [1.165, 1.54) is 22.0 Å². The number of carbonyl (C=O) groups excluding carboxylic acids is 1. The van der Waals surface area contributed by atoms with Crippen molar-refractivity contribution in [3.63, 3.8) is 0 Å². The lowest BCUT2D eigenvalue weighted by atomic mass is 9.97. The summed E-state index contributed by atoms with van der Waals surface area (Å²) in [6, 6.07) is 5.27. The van der Waals surface area contributed by atoms with Gasteiger partial charge >= 0.3 is 0 Å². The fraction of sp³-hybridized carbons (Fsp3) is 0.333. The third kappa shape index (κ3) is 3.93. The number of rotatable bonds is 6. The number of aromatic nitrogens is 2. The summed E-state index contributed by atoms with van der Waals surface area (Å²) in [6.45, 7) is -0.149. The molecule has 0 saturated heterocycles. The number of methoxy groups -OCH3 is 2. The van der Waals surface area contributed by atoms with E-state index in [-0.39, 0.29) is 12.1 Å². The molecule has 0 aliphatic heterocycles. The lowest BCUT2D eigenvalue weighted by Crippen LogP contribution is -2.30. The summed E-state index contributed by atoms with van der Waals surface area (Å²) >= 11 is 1.59. The molecule has 2 aromatic heterocycles. The number of hydrogen-bond donors (Lipinski definition) is 1. The van der Waals surface area contributed by atoms with Gasteiger partial charge in [-0.3, -0.25) is 14.2 Å². The Balaban J connectivity index is 1.48. The molecule has 1 aliphatic rings. The number of fused-ring (bicyclic) bond motifs is 3. The molecule has 0 fully saturated rings. The van der Waals surface area contributed by atoms with E-state index in [0.717, 1.165) is 36.1 Å². The van der Waals surface area contributed by atoms with Gasteiger partial charge in [-0.1, -0.05) is 0 Å². The Bertz CT molecular complexity index is 1180. The van der Waals surface area contributed by atoms with Crippen LogP contribution in [0.25, 0.3) is 10.2 Å². The molecule has 3 aromatic rings. The van der Waals surface area contributed by atoms with E-state index in [9.17, 15) is 9.59 Å². The average molecular weight is 426 g/mol. The Morgan fingerprint density at radius 3 is 2.93 bits per heavy atom. The number of benzene rings is 1. The summed E-state index contributed by atoms with van der Waals surface area (Å²) in [5.41, 5.74) is 4.07. The van der Waals surface area contributed by atoms with Crippen LogP contribution in [0, 0.1) is 0 Å². The third-order valence-electron chi connectivity index (χ3n) is 5.09. The van der Waals surface area contributed by atoms with Gasteiger partial charge in [0, 0.05) is 16.5 Å². The minimum atomic E-state index is -0.411. The summed E-state index contributed by atoms with van der Waals surface area (Å²) < 4.78 is 11.8. The molecule has 1 aliphatic carbocycles. The average Bonchev–Trinajstić information content (AvgIpc) is 3.15. The van der Waals surface area contributed by atoms with Gasteiger partial charge in [0.25, 0.3) is 11.5 Å². The van der Waals surface area contributed by atoms with E-state index in [0.29, 0.717) is 22.4 Å². The number of aryl methyl sites for hydroxylation is 2. The minimum absolute atomic E-state index is 0.149. The van der Waals surface area contributed by atoms with Crippen molar-refractivity contribution in [1.82, 2.24) is 15.0 Å². The van der Waals surface area contributed by atoms with Crippen LogP contribution >= 0.6 is 11.3 Å². The van der Waals surface area contributed by atoms with Crippen molar-refractivity contribution in [3.8, 4) is 11.5 Å². The molecule has 0 radical (unpaired) electrons. The molecule has 0 unspecified atom stereocenters. The number of amides is 1. The number of hydrogen-bond acceptors (Lipinski definition) is 7. The Hall–Kier alpha value is -3.20. The van der Waals surface area contributed by atoms with E-state index in [2.05, 4.69) is 15.5 Å². The van der Waals surface area contributed by atoms with E-state index in [4.69, 9.17) is 9.47 Å². The van der Waals surface area contributed by atoms with Gasteiger partial charge in [-0.15, -0.1) is 11.3 Å². The molecule has 156 valence electrons. The van der Waals surface area contributed by atoms with Crippen molar-refractivity contribution in [2.24, 2.45) is 5.10 Å². The zero-order valence-electron chi connectivity index (χ0n) is 16.8. The first kappa shape index (κ1) is 20.1. The first-order chi connectivity index (χ1) is 14.6. The van der Waals surface area contributed by atoms with E-state index >= 15 is 0 Å². The molecule has 2 heterocycles. The van der Waals surface area contributed by atoms with Crippen LogP contribution in [0.5, 0.6) is 11.5 Å². The second-order valence-corrected chi connectivity index (χ2v) is 8.05. The quantitative estimate of drug-likeness (QED) is 0.483. The van der Waals surface area contributed by atoms with Crippen LogP contribution in [0.4, 0.5) is 0 Å². The van der Waals surface area contributed by atoms with Gasteiger partial charge < -0.3 is 9.47 Å². The molecule has 4 rings (SSSR count). The number of ether oxygens (including phenoxy) is 2. The molecule has 0 bridgehead atoms. The molecule has 30 heavy (non-hydrogen) atoms. The number of carbonyl (C=O) groups is 1. The van der Waals surface area contributed by atoms with Gasteiger partial charge in [0.1, 0.15) is 22.9 Å². The fourth-order valence-corrected chi connectivity index (χ4v) is 4.80. The Morgan fingerprint density at radius 1 is 1.30 bits per heavy atom. The van der Waals surface area contributed by atoms with Crippen LogP contribution in [0.3, 0.4) is 0 Å². The summed E-state index contributed by atoms with van der Waals surface area (Å²) in [7, 11) is 3.12. The monoisotopic (exact) mass is 426 g/mol. The first-order valence-corrected chi connectivity index (χ1v) is 10.5. The van der Waals surface area contributed by atoms with Crippen LogP contribution < -0.4 is 20.5 Å². The fourth-order valence-electron chi connectivity index (χ4n) is 3.58. The minimum Gasteiger partial charge on any atom is -0.497 e. The zero-order chi connectivity index (χ0) is 21.1. The molecule has 0 saturated carbocycles. The van der Waals surface area contributed by atoms with Gasteiger partial charge in [0.2, 0.25) is 0 Å². The number of nitrogens with one attached hydrogen (secondary N) is 1. The molecule has 1 amide bonds. The van der Waals surface area contributed by atoms with Gasteiger partial charge in [0.15, 0.2) is 0 Å². The highest BCUT2D eigenvalue weighted by atomic mass is 32.1. The molecule has 1 aromatic carbocycles. The Labute approximate surface area is 177 Å². The highest BCUT2D eigenvalue weighted by molar-refractivity contribution is 7.18. The standard InChI is InChI=1S/C21H22N4O4S/c1-28-14-8-7-13(16(9-14)29-2)10-23-24-18(26)11-25-12-22-20-19(21(25)27)15-5-3-4-6-17(15)30-20/h7-10,12H,3-6,11H2,1-2H3,(H,24,26)/b23-10+. The van der Waals surface area contributed by atoms with Gasteiger partial charge in [-0.2, -0.15) is 5.10 Å². The summed E-state index contributed by atoms with van der Waals surface area (Å²) in [4.78, 5) is 31.6. The van der Waals surface area contributed by atoms with Crippen LogP contribution in [-0.2, 0) is 24.2 Å². The zero-order valence-corrected chi connectivity index (χ0v) is 17.6. The predicted octanol–water partition coefficient (Wildman–Crippen LogP) is 2.50. The van der Waals surface area contributed by atoms with Crippen molar-refractivity contribution >= 4 is 33.7 Å². The van der Waals surface area contributed by atoms with E-state index in [1.807, 2.05) is 0 Å². The van der Waals surface area contributed by atoms with Crippen molar-refractivity contribution in [2.45, 2.75) is 32.2 Å². The Kier molecular flexibility index (Phi) is 5.80. The summed E-state index contributed by atoms with van der Waals surface area (Å²) in [5, 5.41) is 4.64. The van der Waals surface area contributed by atoms with Crippen molar-refractivity contribution in [1.29, 1.82) is 0 Å². The number of nitrogens with zero attached hydrogens (tertiary/aromatic N) is 3. The smallest absolute Gasteiger partial charge is 0.262 e. The van der Waals surface area contributed by atoms with Crippen molar-refractivity contribution in [2.75, 3.05) is 14.2 Å². The highest BCUT2D eigenvalue weighted by Gasteiger charge is 2.20. The molecule has 1 N–H and O–H groups in total. The van der Waals surface area contributed by atoms with E-state index in [1.54, 1.807) is 43.8 Å². The predicted molar refractivity (Wildman–Crippen MR) is 116 cm³/mol. The highest BCUT2D eigenvalue weighted by Crippen LogP contribution is 2.33. The van der Waals surface area contributed by atoms with Crippen LogP contribution in [0.2, 0.25) is 0 Å². The molecular formula is C21H22N4O4S. The largest absolute Gasteiger partial charge is 0.497 e. The topological polar surface area (TPSA) is 94.8 Å². The number of thiophene rings is 1. The number of hydrazone groups is 1. The van der Waals surface area contributed by atoms with Crippen LogP contribution in [0.15, 0.2) is 34.4 Å². The normalized spacial score (nSPS) is 13.4. The third-order valence-corrected chi connectivity index (χ3v) is 6.29. The maximum absolute atomic E-state index is 12.9. The van der Waals surface area contributed by atoms with Crippen LogP contribution in [0.1, 0.15) is 28.8 Å². The summed E-state index contributed by atoms with van der Waals surface area (Å²) in [5.74, 6) is 0.817. The molecule has 0 spiro atoms. The lowest BCUT2D eigenvalue weighted by Gasteiger charge is -2.10. The molecule has 8 nitrogen and oxygen atoms in total. The maximum Gasteiger partial charge on any atom is 0.262 e. The van der Waals surface area contributed by atoms with Crippen LogP contribution in [-0.4, -0.2) is 35.9 Å². The lowest BCUT2D eigenvalue weighted by molar-refractivity contribution is -0.121. The van der Waals surface area contributed by atoms with Gasteiger partial charge in [-0.05, 0) is 43.4 Å². The summed E-state index contributed by atoms with van der Waals surface area (Å²) in [6.07, 6.45) is 7.04.